The van der Waals surface area contributed by atoms with Crippen LogP contribution in [0.1, 0.15) is 0 Å². The Hall–Kier alpha value is -1.59. The highest BCUT2D eigenvalue weighted by atomic mass is 35.5. The maximum atomic E-state index is 5.83. The maximum Gasteiger partial charge on any atom is 0.256 e. The first-order chi connectivity index (χ1) is 6.79. The van der Waals surface area contributed by atoms with Gasteiger partial charge in [-0.1, -0.05) is 23.7 Å². The average molecular weight is 210 g/mol. The maximum absolute atomic E-state index is 5.83. The highest BCUT2D eigenvalue weighted by molar-refractivity contribution is 6.30. The topological polar surface area (TPSA) is 79.6 Å². The van der Waals surface area contributed by atoms with Crippen LogP contribution in [-0.4, -0.2) is 15.2 Å². The van der Waals surface area contributed by atoms with E-state index in [1.165, 1.54) is 0 Å². The Kier molecular flexibility index (Phi) is 2.34. The van der Waals surface area contributed by atoms with E-state index in [9.17, 15) is 0 Å². The van der Waals surface area contributed by atoms with Gasteiger partial charge in [0.15, 0.2) is 5.82 Å². The Labute approximate surface area is 85.3 Å². The average Bonchev–Trinajstić information content (AvgIpc) is 2.66. The van der Waals surface area contributed by atoms with Crippen LogP contribution >= 0.6 is 11.6 Å². The van der Waals surface area contributed by atoms with Crippen LogP contribution in [0.2, 0.25) is 5.02 Å². The van der Waals surface area contributed by atoms with Crippen LogP contribution in [0.5, 0.6) is 0 Å². The molecule has 4 N–H and O–H groups in total. The van der Waals surface area contributed by atoms with Crippen molar-refractivity contribution < 1.29 is 0 Å². The molecule has 2 rings (SSSR count). The molecule has 0 saturated heterocycles. The fourth-order valence-corrected chi connectivity index (χ4v) is 1.28. The zero-order valence-electron chi connectivity index (χ0n) is 7.16. The lowest BCUT2D eigenvalue weighted by Crippen LogP contribution is -2.07. The van der Waals surface area contributed by atoms with E-state index in [4.69, 9.17) is 17.4 Å². The molecular formula is C8H8ClN5. The first-order valence-corrected chi connectivity index (χ1v) is 4.32. The van der Waals surface area contributed by atoms with Gasteiger partial charge >= 0.3 is 0 Å². The molecule has 2 aromatic rings. The quantitative estimate of drug-likeness (QED) is 0.516. The van der Waals surface area contributed by atoms with E-state index < -0.39 is 0 Å². The predicted octanol–water partition coefficient (Wildman–Crippen LogP) is 1.41. The summed E-state index contributed by atoms with van der Waals surface area (Å²) in [6, 6.07) is 7.31. The molecule has 0 amide bonds. The van der Waals surface area contributed by atoms with Crippen molar-refractivity contribution in [1.29, 1.82) is 0 Å². The first-order valence-electron chi connectivity index (χ1n) is 3.94. The number of hydrogen-bond acceptors (Lipinski definition) is 4. The molecule has 0 atom stereocenters. The standard InChI is InChI=1S/C8H8ClN5/c9-6-3-1-2-5(4-6)7-11-8(12-10)14-13-7/h1-4H,10H2,(H2,11,12,13,14). The number of hydrazine groups is 1. The number of halogens is 1. The van der Waals surface area contributed by atoms with Crippen LogP contribution in [0.3, 0.4) is 0 Å². The number of anilines is 1. The molecule has 0 bridgehead atoms. The molecule has 14 heavy (non-hydrogen) atoms. The van der Waals surface area contributed by atoms with Crippen molar-refractivity contribution >= 4 is 17.5 Å². The molecule has 0 spiro atoms. The molecule has 1 heterocycles. The minimum absolute atomic E-state index is 0.347. The van der Waals surface area contributed by atoms with Crippen molar-refractivity contribution in [2.75, 3.05) is 5.43 Å². The van der Waals surface area contributed by atoms with E-state index in [2.05, 4.69) is 20.6 Å². The van der Waals surface area contributed by atoms with Crippen molar-refractivity contribution in [3.8, 4) is 11.4 Å². The molecule has 0 fully saturated rings. The summed E-state index contributed by atoms with van der Waals surface area (Å²) in [4.78, 5) is 4.08. The second kappa shape index (κ2) is 3.65. The van der Waals surface area contributed by atoms with Crippen molar-refractivity contribution in [2.24, 2.45) is 5.84 Å². The molecule has 0 unspecified atom stereocenters. The summed E-state index contributed by atoms with van der Waals surface area (Å²) in [5.41, 5.74) is 3.21. The summed E-state index contributed by atoms with van der Waals surface area (Å²) < 4.78 is 0. The zero-order valence-corrected chi connectivity index (χ0v) is 7.92. The van der Waals surface area contributed by atoms with E-state index in [0.29, 0.717) is 16.8 Å². The van der Waals surface area contributed by atoms with E-state index in [1.807, 2.05) is 12.1 Å². The SMILES string of the molecule is NNc1n[nH]c(-c2cccc(Cl)c2)n1. The van der Waals surface area contributed by atoms with Gasteiger partial charge in [0.2, 0.25) is 0 Å². The van der Waals surface area contributed by atoms with Crippen molar-refractivity contribution in [2.45, 2.75) is 0 Å². The number of nitrogens with zero attached hydrogens (tertiary/aromatic N) is 2. The van der Waals surface area contributed by atoms with Gasteiger partial charge in [0, 0.05) is 10.6 Å². The minimum atomic E-state index is 0.347. The molecular weight excluding hydrogens is 202 g/mol. The number of H-pyrrole nitrogens is 1. The van der Waals surface area contributed by atoms with Crippen LogP contribution < -0.4 is 11.3 Å². The Morgan fingerprint density at radius 2 is 2.29 bits per heavy atom. The third kappa shape index (κ3) is 1.68. The number of nitrogens with one attached hydrogen (secondary N) is 2. The third-order valence-corrected chi connectivity index (χ3v) is 1.95. The lowest BCUT2D eigenvalue weighted by molar-refractivity contribution is 1.08. The fourth-order valence-electron chi connectivity index (χ4n) is 1.09. The van der Waals surface area contributed by atoms with Crippen LogP contribution in [-0.2, 0) is 0 Å². The van der Waals surface area contributed by atoms with Crippen LogP contribution in [0, 0.1) is 0 Å². The third-order valence-electron chi connectivity index (χ3n) is 1.71. The number of nitrogens with two attached hydrogens (primary N) is 1. The normalized spacial score (nSPS) is 10.1. The molecule has 1 aromatic heterocycles. The Morgan fingerprint density at radius 1 is 1.43 bits per heavy atom. The van der Waals surface area contributed by atoms with Crippen molar-refractivity contribution in [3.05, 3.63) is 29.3 Å². The Bertz CT molecular complexity index is 439. The van der Waals surface area contributed by atoms with Gasteiger partial charge in [-0.3, -0.25) is 10.5 Å². The fraction of sp³-hybridized carbons (Fsp3) is 0. The number of benzene rings is 1. The lowest BCUT2D eigenvalue weighted by atomic mass is 10.2. The summed E-state index contributed by atoms with van der Waals surface area (Å²) in [6.45, 7) is 0. The Morgan fingerprint density at radius 3 is 2.93 bits per heavy atom. The molecule has 5 nitrogen and oxygen atoms in total. The smallest absolute Gasteiger partial charge is 0.256 e. The van der Waals surface area contributed by atoms with Gasteiger partial charge in [-0.05, 0) is 12.1 Å². The summed E-state index contributed by atoms with van der Waals surface area (Å²) in [7, 11) is 0. The number of rotatable bonds is 2. The van der Waals surface area contributed by atoms with E-state index >= 15 is 0 Å². The summed E-state index contributed by atoms with van der Waals surface area (Å²) in [6.07, 6.45) is 0. The number of hydrogen-bond donors (Lipinski definition) is 3. The highest BCUT2D eigenvalue weighted by Crippen LogP contribution is 2.19. The molecule has 0 radical (unpaired) electrons. The Balaban J connectivity index is 2.39. The van der Waals surface area contributed by atoms with Gasteiger partial charge in [-0.2, -0.15) is 4.98 Å². The summed E-state index contributed by atoms with van der Waals surface area (Å²) in [5, 5.41) is 7.22. The van der Waals surface area contributed by atoms with Crippen molar-refractivity contribution in [3.63, 3.8) is 0 Å². The molecule has 0 aliphatic heterocycles. The first kappa shape index (κ1) is 8.98. The molecule has 0 aliphatic carbocycles. The largest absolute Gasteiger partial charge is 0.291 e. The van der Waals surface area contributed by atoms with E-state index in [0.717, 1.165) is 5.56 Å². The van der Waals surface area contributed by atoms with Crippen LogP contribution in [0.4, 0.5) is 5.95 Å². The monoisotopic (exact) mass is 209 g/mol. The van der Waals surface area contributed by atoms with Gasteiger partial charge in [0.25, 0.3) is 5.95 Å². The lowest BCUT2D eigenvalue weighted by Gasteiger charge is -1.95. The van der Waals surface area contributed by atoms with Crippen molar-refractivity contribution in [1.82, 2.24) is 15.2 Å². The molecule has 0 aliphatic rings. The van der Waals surface area contributed by atoms with Gasteiger partial charge in [0.1, 0.15) is 0 Å². The van der Waals surface area contributed by atoms with Gasteiger partial charge in [-0.25, -0.2) is 5.84 Å². The van der Waals surface area contributed by atoms with Gasteiger partial charge in [0.05, 0.1) is 0 Å². The van der Waals surface area contributed by atoms with Gasteiger partial charge < -0.3 is 0 Å². The number of nitrogen functional groups attached to an aromatic ring is 1. The molecule has 0 saturated carbocycles. The predicted molar refractivity (Wildman–Crippen MR) is 54.6 cm³/mol. The highest BCUT2D eigenvalue weighted by Gasteiger charge is 2.03. The molecule has 6 heteroatoms. The second-order valence-corrected chi connectivity index (χ2v) is 3.10. The van der Waals surface area contributed by atoms with E-state index in [1.54, 1.807) is 12.1 Å². The molecule has 72 valence electrons. The van der Waals surface area contributed by atoms with Gasteiger partial charge in [-0.15, -0.1) is 5.10 Å². The zero-order chi connectivity index (χ0) is 9.97. The summed E-state index contributed by atoms with van der Waals surface area (Å²) in [5.74, 6) is 6.12. The number of aromatic amines is 1. The van der Waals surface area contributed by atoms with Crippen LogP contribution in [0.15, 0.2) is 24.3 Å². The van der Waals surface area contributed by atoms with E-state index in [-0.39, 0.29) is 0 Å². The summed E-state index contributed by atoms with van der Waals surface area (Å²) >= 11 is 5.83. The van der Waals surface area contributed by atoms with Crippen LogP contribution in [0.25, 0.3) is 11.4 Å². The molecule has 1 aromatic carbocycles. The minimum Gasteiger partial charge on any atom is -0.291 e. The number of aromatic nitrogens is 3. The second-order valence-electron chi connectivity index (χ2n) is 2.66.